The zero-order chi connectivity index (χ0) is 13.7. The monoisotopic (exact) mass is 266 g/mol. The van der Waals surface area contributed by atoms with E-state index in [1.54, 1.807) is 18.2 Å². The Kier molecular flexibility index (Phi) is 4.63. The minimum atomic E-state index is -0.842. The molecule has 0 aromatic heterocycles. The molecule has 0 bridgehead atoms. The molecule has 1 aromatic carbocycles. The van der Waals surface area contributed by atoms with E-state index in [4.69, 9.17) is 14.6 Å². The van der Waals surface area contributed by atoms with Crippen LogP contribution in [-0.2, 0) is 4.79 Å². The molecule has 0 fully saturated rings. The summed E-state index contributed by atoms with van der Waals surface area (Å²) in [5.41, 5.74) is 0.731. The van der Waals surface area contributed by atoms with E-state index in [1.807, 2.05) is 0 Å². The van der Waals surface area contributed by atoms with Crippen molar-refractivity contribution in [1.29, 1.82) is 0 Å². The number of aliphatic hydroxyl groups is 1. The van der Waals surface area contributed by atoms with Gasteiger partial charge in [-0.05, 0) is 30.5 Å². The maximum Gasteiger partial charge on any atom is 0.303 e. The molecule has 1 heterocycles. The van der Waals surface area contributed by atoms with Gasteiger partial charge in [-0.15, -0.1) is 0 Å². The number of carboxylic acids is 1. The molecule has 2 N–H and O–H groups in total. The number of rotatable bonds is 5. The van der Waals surface area contributed by atoms with Gasteiger partial charge in [-0.25, -0.2) is 0 Å². The van der Waals surface area contributed by atoms with Crippen LogP contribution >= 0.6 is 0 Å². The summed E-state index contributed by atoms with van der Waals surface area (Å²) in [7, 11) is 0. The first-order chi connectivity index (χ1) is 9.16. The molecule has 0 spiro atoms. The molecule has 0 amide bonds. The van der Waals surface area contributed by atoms with Crippen molar-refractivity contribution >= 4 is 5.97 Å². The van der Waals surface area contributed by atoms with Crippen molar-refractivity contribution in [3.63, 3.8) is 0 Å². The molecule has 1 aliphatic heterocycles. The largest absolute Gasteiger partial charge is 0.490 e. The highest BCUT2D eigenvalue weighted by Crippen LogP contribution is 2.33. The number of carbonyl (C=O) groups is 1. The lowest BCUT2D eigenvalue weighted by Gasteiger charge is -2.13. The number of benzene rings is 1. The maximum atomic E-state index is 10.4. The predicted octanol–water partition coefficient (Wildman–Crippen LogP) is 2.14. The average Bonchev–Trinajstić information content (AvgIpc) is 2.62. The van der Waals surface area contributed by atoms with E-state index in [1.165, 1.54) is 0 Å². The summed E-state index contributed by atoms with van der Waals surface area (Å²) in [5, 5.41) is 18.6. The Morgan fingerprint density at radius 1 is 1.26 bits per heavy atom. The molecule has 5 heteroatoms. The zero-order valence-electron chi connectivity index (χ0n) is 10.7. The molecule has 1 aromatic rings. The van der Waals surface area contributed by atoms with Crippen LogP contribution in [0.15, 0.2) is 18.2 Å². The van der Waals surface area contributed by atoms with Gasteiger partial charge in [0, 0.05) is 12.8 Å². The van der Waals surface area contributed by atoms with Crippen LogP contribution in [0.25, 0.3) is 0 Å². The summed E-state index contributed by atoms with van der Waals surface area (Å²) in [4.78, 5) is 10.4. The van der Waals surface area contributed by atoms with Gasteiger partial charge >= 0.3 is 5.97 Å². The third-order valence-corrected chi connectivity index (χ3v) is 3.02. The van der Waals surface area contributed by atoms with E-state index in [0.717, 1.165) is 12.0 Å². The highest BCUT2D eigenvalue weighted by Gasteiger charge is 2.14. The van der Waals surface area contributed by atoms with Gasteiger partial charge in [-0.2, -0.15) is 0 Å². The Bertz CT molecular complexity index is 443. The normalized spacial score (nSPS) is 15.6. The van der Waals surface area contributed by atoms with Crippen molar-refractivity contribution in [3.8, 4) is 11.5 Å². The van der Waals surface area contributed by atoms with Crippen molar-refractivity contribution in [2.45, 2.75) is 31.8 Å². The lowest BCUT2D eigenvalue weighted by atomic mass is 10.0. The van der Waals surface area contributed by atoms with Gasteiger partial charge in [0.05, 0.1) is 19.3 Å². The summed E-state index contributed by atoms with van der Waals surface area (Å²) in [6.45, 7) is 1.24. The number of hydrogen-bond donors (Lipinski definition) is 2. The second-order valence-corrected chi connectivity index (χ2v) is 4.56. The van der Waals surface area contributed by atoms with E-state index < -0.39 is 12.1 Å². The maximum absolute atomic E-state index is 10.4. The molecular formula is C14H18O5. The van der Waals surface area contributed by atoms with Crippen LogP contribution in [0.4, 0.5) is 0 Å². The summed E-state index contributed by atoms with van der Waals surface area (Å²) >= 11 is 0. The zero-order valence-corrected chi connectivity index (χ0v) is 10.7. The van der Waals surface area contributed by atoms with E-state index in [0.29, 0.717) is 37.6 Å². The van der Waals surface area contributed by atoms with Gasteiger partial charge in [-0.3, -0.25) is 4.79 Å². The molecular weight excluding hydrogens is 248 g/mol. The fourth-order valence-corrected chi connectivity index (χ4v) is 2.00. The Hall–Kier alpha value is -1.75. The van der Waals surface area contributed by atoms with Gasteiger partial charge < -0.3 is 19.7 Å². The molecule has 0 radical (unpaired) electrons. The quantitative estimate of drug-likeness (QED) is 0.853. The molecule has 1 unspecified atom stereocenters. The first-order valence-corrected chi connectivity index (χ1v) is 6.46. The topological polar surface area (TPSA) is 76.0 Å². The molecule has 2 rings (SSSR count). The number of hydrogen-bond acceptors (Lipinski definition) is 4. The van der Waals surface area contributed by atoms with Crippen molar-refractivity contribution in [3.05, 3.63) is 23.8 Å². The van der Waals surface area contributed by atoms with Crippen LogP contribution in [0, 0.1) is 0 Å². The third kappa shape index (κ3) is 3.86. The van der Waals surface area contributed by atoms with Gasteiger partial charge in [-0.1, -0.05) is 6.07 Å². The molecule has 0 saturated carbocycles. The van der Waals surface area contributed by atoms with Crippen LogP contribution < -0.4 is 9.47 Å². The summed E-state index contributed by atoms with van der Waals surface area (Å²) in [6, 6.07) is 5.35. The lowest BCUT2D eigenvalue weighted by Crippen LogP contribution is -2.01. The van der Waals surface area contributed by atoms with Crippen LogP contribution in [0.3, 0.4) is 0 Å². The van der Waals surface area contributed by atoms with Crippen LogP contribution in [0.1, 0.15) is 37.4 Å². The van der Waals surface area contributed by atoms with Gasteiger partial charge in [0.2, 0.25) is 0 Å². The highest BCUT2D eigenvalue weighted by molar-refractivity contribution is 5.66. The van der Waals surface area contributed by atoms with E-state index in [9.17, 15) is 9.90 Å². The van der Waals surface area contributed by atoms with Crippen LogP contribution in [0.2, 0.25) is 0 Å². The SMILES string of the molecule is O=C(O)CCCC(O)c1ccc2c(c1)OCCCO2. The van der Waals surface area contributed by atoms with E-state index >= 15 is 0 Å². The Morgan fingerprint density at radius 2 is 2.00 bits per heavy atom. The van der Waals surface area contributed by atoms with E-state index in [-0.39, 0.29) is 6.42 Å². The summed E-state index contributed by atoms with van der Waals surface area (Å²) in [5.74, 6) is 0.497. The lowest BCUT2D eigenvalue weighted by molar-refractivity contribution is -0.137. The smallest absolute Gasteiger partial charge is 0.303 e. The van der Waals surface area contributed by atoms with Gasteiger partial charge in [0.15, 0.2) is 11.5 Å². The van der Waals surface area contributed by atoms with Crippen LogP contribution in [0.5, 0.6) is 11.5 Å². The van der Waals surface area contributed by atoms with Crippen molar-refractivity contribution < 1.29 is 24.5 Å². The van der Waals surface area contributed by atoms with Crippen molar-refractivity contribution in [1.82, 2.24) is 0 Å². The fraction of sp³-hybridized carbons (Fsp3) is 0.500. The van der Waals surface area contributed by atoms with Crippen LogP contribution in [-0.4, -0.2) is 29.4 Å². The average molecular weight is 266 g/mol. The number of carboxylic acid groups (broad SMARTS) is 1. The fourth-order valence-electron chi connectivity index (χ4n) is 2.00. The number of fused-ring (bicyclic) bond motifs is 1. The molecule has 5 nitrogen and oxygen atoms in total. The van der Waals surface area contributed by atoms with Crippen molar-refractivity contribution in [2.24, 2.45) is 0 Å². The third-order valence-electron chi connectivity index (χ3n) is 3.02. The highest BCUT2D eigenvalue weighted by atomic mass is 16.5. The summed E-state index contributed by atoms with van der Waals surface area (Å²) < 4.78 is 11.1. The first kappa shape index (κ1) is 13.7. The molecule has 0 saturated heterocycles. The Labute approximate surface area is 111 Å². The number of aliphatic hydroxyl groups excluding tert-OH is 1. The van der Waals surface area contributed by atoms with E-state index in [2.05, 4.69) is 0 Å². The Morgan fingerprint density at radius 3 is 2.74 bits per heavy atom. The van der Waals surface area contributed by atoms with Crippen molar-refractivity contribution in [2.75, 3.05) is 13.2 Å². The minimum Gasteiger partial charge on any atom is -0.490 e. The standard InChI is InChI=1S/C14H18O5/c15-11(3-1-4-14(16)17)10-5-6-12-13(9-10)19-8-2-7-18-12/h5-6,9,11,15H,1-4,7-8H2,(H,16,17). The second-order valence-electron chi connectivity index (χ2n) is 4.56. The Balaban J connectivity index is 2.00. The molecule has 104 valence electrons. The predicted molar refractivity (Wildman–Crippen MR) is 68.5 cm³/mol. The first-order valence-electron chi connectivity index (χ1n) is 6.46. The van der Waals surface area contributed by atoms with Gasteiger partial charge in [0.1, 0.15) is 0 Å². The molecule has 0 aliphatic carbocycles. The second kappa shape index (κ2) is 6.43. The summed E-state index contributed by atoms with van der Waals surface area (Å²) in [6.07, 6.45) is 1.11. The number of aliphatic carboxylic acids is 1. The minimum absolute atomic E-state index is 0.0710. The molecule has 1 atom stereocenters. The molecule has 1 aliphatic rings. The molecule has 19 heavy (non-hydrogen) atoms. The number of ether oxygens (including phenoxy) is 2. The van der Waals surface area contributed by atoms with Gasteiger partial charge in [0.25, 0.3) is 0 Å².